The van der Waals surface area contributed by atoms with Gasteiger partial charge in [0.1, 0.15) is 17.5 Å². The molecule has 0 amide bonds. The summed E-state index contributed by atoms with van der Waals surface area (Å²) in [5.41, 5.74) is 0.0112. The second kappa shape index (κ2) is 5.45. The van der Waals surface area contributed by atoms with Crippen LogP contribution in [0.1, 0.15) is 15.9 Å². The molecule has 98 valence electrons. The fourth-order valence-corrected chi connectivity index (χ4v) is 1.88. The summed E-state index contributed by atoms with van der Waals surface area (Å²) in [5.74, 6) is -2.65. The van der Waals surface area contributed by atoms with Gasteiger partial charge in [0, 0.05) is 11.4 Å². The molecule has 0 bridgehead atoms. The minimum Gasteiger partial charge on any atom is -0.294 e. The Balaban J connectivity index is 2.28. The zero-order chi connectivity index (χ0) is 14.0. The van der Waals surface area contributed by atoms with Gasteiger partial charge in [-0.1, -0.05) is 17.7 Å². The molecule has 2 rings (SSSR count). The van der Waals surface area contributed by atoms with Crippen molar-refractivity contribution < 1.29 is 18.0 Å². The van der Waals surface area contributed by atoms with E-state index in [0.717, 1.165) is 30.3 Å². The molecule has 2 aromatic carbocycles. The first kappa shape index (κ1) is 13.6. The van der Waals surface area contributed by atoms with Crippen LogP contribution < -0.4 is 0 Å². The zero-order valence-corrected chi connectivity index (χ0v) is 10.3. The SMILES string of the molecule is O=C(Cc1ccc(F)cc1Cl)c1cc(F)ccc1F. The number of hydrogen-bond donors (Lipinski definition) is 0. The van der Waals surface area contributed by atoms with E-state index in [-0.39, 0.29) is 17.0 Å². The van der Waals surface area contributed by atoms with Crippen LogP contribution >= 0.6 is 11.6 Å². The lowest BCUT2D eigenvalue weighted by molar-refractivity contribution is 0.0988. The summed E-state index contributed by atoms with van der Waals surface area (Å²) < 4.78 is 39.2. The molecule has 0 fully saturated rings. The average molecular weight is 285 g/mol. The zero-order valence-electron chi connectivity index (χ0n) is 9.59. The molecule has 0 spiro atoms. The molecule has 0 aliphatic rings. The first-order valence-corrected chi connectivity index (χ1v) is 5.77. The monoisotopic (exact) mass is 284 g/mol. The second-order valence-electron chi connectivity index (χ2n) is 3.96. The van der Waals surface area contributed by atoms with Gasteiger partial charge in [0.25, 0.3) is 0 Å². The molecule has 0 aliphatic carbocycles. The van der Waals surface area contributed by atoms with E-state index >= 15 is 0 Å². The molecule has 1 nitrogen and oxygen atoms in total. The minimum atomic E-state index is -0.801. The molecular weight excluding hydrogens is 277 g/mol. The number of benzene rings is 2. The van der Waals surface area contributed by atoms with Crippen molar-refractivity contribution in [2.75, 3.05) is 0 Å². The standard InChI is InChI=1S/C14H8ClF3O/c15-12-7-10(17)2-1-8(12)5-14(19)11-6-9(16)3-4-13(11)18/h1-4,6-7H,5H2. The average Bonchev–Trinajstić information content (AvgIpc) is 2.35. The van der Waals surface area contributed by atoms with Gasteiger partial charge in [0.05, 0.1) is 5.56 Å². The Morgan fingerprint density at radius 1 is 1.00 bits per heavy atom. The van der Waals surface area contributed by atoms with Gasteiger partial charge in [0.2, 0.25) is 0 Å². The summed E-state index contributed by atoms with van der Waals surface area (Å²) in [6.45, 7) is 0. The Morgan fingerprint density at radius 3 is 2.32 bits per heavy atom. The summed E-state index contributed by atoms with van der Waals surface area (Å²) in [5, 5.41) is 0.0742. The van der Waals surface area contributed by atoms with Gasteiger partial charge in [0.15, 0.2) is 5.78 Å². The van der Waals surface area contributed by atoms with Gasteiger partial charge in [-0.3, -0.25) is 4.79 Å². The second-order valence-corrected chi connectivity index (χ2v) is 4.37. The highest BCUT2D eigenvalue weighted by Gasteiger charge is 2.15. The number of halogens is 4. The van der Waals surface area contributed by atoms with Crippen LogP contribution in [-0.2, 0) is 6.42 Å². The fourth-order valence-electron chi connectivity index (χ4n) is 1.64. The summed E-state index contributed by atoms with van der Waals surface area (Å²) in [6.07, 6.45) is -0.223. The van der Waals surface area contributed by atoms with Crippen molar-refractivity contribution in [3.63, 3.8) is 0 Å². The van der Waals surface area contributed by atoms with Crippen molar-refractivity contribution in [3.05, 3.63) is 70.0 Å². The van der Waals surface area contributed by atoms with Crippen molar-refractivity contribution in [3.8, 4) is 0 Å². The van der Waals surface area contributed by atoms with Crippen molar-refractivity contribution in [2.45, 2.75) is 6.42 Å². The molecule has 0 aliphatic heterocycles. The summed E-state index contributed by atoms with van der Waals surface area (Å²) in [4.78, 5) is 11.9. The van der Waals surface area contributed by atoms with Gasteiger partial charge >= 0.3 is 0 Å². The van der Waals surface area contributed by atoms with Crippen LogP contribution in [0.15, 0.2) is 36.4 Å². The fraction of sp³-hybridized carbons (Fsp3) is 0.0714. The van der Waals surface area contributed by atoms with Gasteiger partial charge in [-0.25, -0.2) is 13.2 Å². The van der Waals surface area contributed by atoms with Crippen LogP contribution in [-0.4, -0.2) is 5.78 Å². The van der Waals surface area contributed by atoms with E-state index in [9.17, 15) is 18.0 Å². The Bertz CT molecular complexity index is 641. The minimum absolute atomic E-state index is 0.0742. The van der Waals surface area contributed by atoms with E-state index in [4.69, 9.17) is 11.6 Å². The van der Waals surface area contributed by atoms with Gasteiger partial charge < -0.3 is 0 Å². The largest absolute Gasteiger partial charge is 0.294 e. The lowest BCUT2D eigenvalue weighted by Crippen LogP contribution is -2.07. The number of Topliss-reactive ketones (excluding diaryl/α,β-unsaturated/α-hetero) is 1. The van der Waals surface area contributed by atoms with Gasteiger partial charge in [-0.15, -0.1) is 0 Å². The molecule has 0 radical (unpaired) electrons. The van der Waals surface area contributed by atoms with Crippen LogP contribution in [0.4, 0.5) is 13.2 Å². The Kier molecular flexibility index (Phi) is 3.90. The number of hydrogen-bond acceptors (Lipinski definition) is 1. The highest BCUT2D eigenvalue weighted by molar-refractivity contribution is 6.31. The highest BCUT2D eigenvalue weighted by atomic mass is 35.5. The van der Waals surface area contributed by atoms with Gasteiger partial charge in [-0.05, 0) is 35.9 Å². The van der Waals surface area contributed by atoms with Crippen molar-refractivity contribution >= 4 is 17.4 Å². The van der Waals surface area contributed by atoms with Crippen LogP contribution in [0.3, 0.4) is 0 Å². The molecule has 0 saturated carbocycles. The van der Waals surface area contributed by atoms with Crippen molar-refractivity contribution in [1.29, 1.82) is 0 Å². The van der Waals surface area contributed by atoms with E-state index in [1.165, 1.54) is 6.07 Å². The molecule has 0 aromatic heterocycles. The van der Waals surface area contributed by atoms with Crippen LogP contribution in [0.2, 0.25) is 5.02 Å². The molecule has 0 heterocycles. The van der Waals surface area contributed by atoms with E-state index in [2.05, 4.69) is 0 Å². The molecule has 19 heavy (non-hydrogen) atoms. The maximum Gasteiger partial charge on any atom is 0.170 e. The van der Waals surface area contributed by atoms with Crippen LogP contribution in [0.25, 0.3) is 0 Å². The maximum absolute atomic E-state index is 13.4. The first-order valence-electron chi connectivity index (χ1n) is 5.39. The Labute approximate surface area is 112 Å². The van der Waals surface area contributed by atoms with E-state index in [1.807, 2.05) is 0 Å². The van der Waals surface area contributed by atoms with Gasteiger partial charge in [-0.2, -0.15) is 0 Å². The Morgan fingerprint density at radius 2 is 1.63 bits per heavy atom. The predicted molar refractivity (Wildman–Crippen MR) is 65.8 cm³/mol. The Hall–Kier alpha value is -1.81. The number of carbonyl (C=O) groups excluding carboxylic acids is 1. The predicted octanol–water partition coefficient (Wildman–Crippen LogP) is 4.18. The molecule has 0 N–H and O–H groups in total. The molecule has 2 aromatic rings. The van der Waals surface area contributed by atoms with Crippen molar-refractivity contribution in [2.24, 2.45) is 0 Å². The molecular formula is C14H8ClF3O. The van der Waals surface area contributed by atoms with E-state index < -0.39 is 23.2 Å². The number of carbonyl (C=O) groups is 1. The van der Waals surface area contributed by atoms with E-state index in [0.29, 0.717) is 5.56 Å². The molecule has 0 unspecified atom stereocenters. The highest BCUT2D eigenvalue weighted by Crippen LogP contribution is 2.20. The third-order valence-corrected chi connectivity index (χ3v) is 2.95. The molecule has 0 atom stereocenters. The van der Waals surface area contributed by atoms with Crippen LogP contribution in [0.5, 0.6) is 0 Å². The summed E-state index contributed by atoms with van der Waals surface area (Å²) in [7, 11) is 0. The smallest absolute Gasteiger partial charge is 0.170 e. The number of ketones is 1. The van der Waals surface area contributed by atoms with Crippen LogP contribution in [0, 0.1) is 17.5 Å². The number of rotatable bonds is 3. The topological polar surface area (TPSA) is 17.1 Å². The summed E-state index contributed by atoms with van der Waals surface area (Å²) in [6, 6.07) is 6.19. The lowest BCUT2D eigenvalue weighted by atomic mass is 10.0. The molecule has 5 heteroatoms. The normalized spacial score (nSPS) is 10.5. The van der Waals surface area contributed by atoms with E-state index in [1.54, 1.807) is 0 Å². The summed E-state index contributed by atoms with van der Waals surface area (Å²) >= 11 is 5.77. The quantitative estimate of drug-likeness (QED) is 0.773. The third-order valence-electron chi connectivity index (χ3n) is 2.59. The maximum atomic E-state index is 13.4. The molecule has 0 saturated heterocycles. The first-order chi connectivity index (χ1) is 8.97. The van der Waals surface area contributed by atoms with Crippen molar-refractivity contribution in [1.82, 2.24) is 0 Å². The third kappa shape index (κ3) is 3.15. The lowest BCUT2D eigenvalue weighted by Gasteiger charge is -2.05.